The van der Waals surface area contributed by atoms with Crippen LogP contribution >= 0.6 is 11.8 Å². The van der Waals surface area contributed by atoms with Gasteiger partial charge in [0.15, 0.2) is 0 Å². The molecule has 1 aromatic heterocycles. The maximum Gasteiger partial charge on any atom is 0.416 e. The summed E-state index contributed by atoms with van der Waals surface area (Å²) < 4.78 is 38.3. The number of aromatic nitrogens is 1. The first-order valence-corrected chi connectivity index (χ1v) is 9.53. The predicted molar refractivity (Wildman–Crippen MR) is 101 cm³/mol. The van der Waals surface area contributed by atoms with Gasteiger partial charge >= 0.3 is 6.18 Å². The van der Waals surface area contributed by atoms with Crippen LogP contribution in [0, 0.1) is 0 Å². The maximum atomic E-state index is 12.8. The molecule has 0 atom stereocenters. The lowest BCUT2D eigenvalue weighted by molar-refractivity contribution is -0.137. The SMILES string of the molecule is FC(F)(F)c1ccc(-c2ccc3c(c2)CN(Cc2ccccn2)CS3)cc1. The smallest absolute Gasteiger partial charge is 0.284 e. The minimum absolute atomic E-state index is 0.624. The molecule has 0 bridgehead atoms. The number of rotatable bonds is 3. The van der Waals surface area contributed by atoms with Crippen molar-refractivity contribution < 1.29 is 13.2 Å². The van der Waals surface area contributed by atoms with Crippen LogP contribution < -0.4 is 0 Å². The molecule has 27 heavy (non-hydrogen) atoms. The Hall–Kier alpha value is -2.31. The number of nitrogens with zero attached hydrogens (tertiary/aromatic N) is 2. The van der Waals surface area contributed by atoms with Crippen molar-refractivity contribution in [2.45, 2.75) is 24.2 Å². The predicted octanol–water partition coefficient (Wildman–Crippen LogP) is 5.83. The van der Waals surface area contributed by atoms with E-state index in [0.29, 0.717) is 0 Å². The van der Waals surface area contributed by atoms with E-state index in [1.54, 1.807) is 18.0 Å². The molecular weight excluding hydrogens is 369 g/mol. The van der Waals surface area contributed by atoms with Crippen LogP contribution in [0.2, 0.25) is 0 Å². The molecule has 4 rings (SSSR count). The second-order valence-electron chi connectivity index (χ2n) is 6.48. The van der Waals surface area contributed by atoms with E-state index in [1.807, 2.05) is 24.3 Å². The zero-order valence-electron chi connectivity index (χ0n) is 14.4. The van der Waals surface area contributed by atoms with E-state index in [0.717, 1.165) is 47.9 Å². The van der Waals surface area contributed by atoms with Crippen LogP contribution in [0.1, 0.15) is 16.8 Å². The molecule has 0 fully saturated rings. The maximum absolute atomic E-state index is 12.8. The number of hydrogen-bond donors (Lipinski definition) is 0. The van der Waals surface area contributed by atoms with E-state index in [4.69, 9.17) is 0 Å². The van der Waals surface area contributed by atoms with Crippen molar-refractivity contribution >= 4 is 11.8 Å². The molecule has 0 amide bonds. The number of benzene rings is 2. The molecule has 0 spiro atoms. The quantitative estimate of drug-likeness (QED) is 0.563. The standard InChI is InChI=1S/C21H17F3N2S/c22-21(23,24)18-7-4-15(5-8-18)16-6-9-20-17(11-16)12-26(14-27-20)13-19-3-1-2-10-25-19/h1-11H,12-14H2. The lowest BCUT2D eigenvalue weighted by atomic mass is 10.0. The van der Waals surface area contributed by atoms with Gasteiger partial charge in [-0.05, 0) is 53.1 Å². The molecule has 2 heterocycles. The Kier molecular flexibility index (Phi) is 4.93. The number of fused-ring (bicyclic) bond motifs is 1. The summed E-state index contributed by atoms with van der Waals surface area (Å²) in [4.78, 5) is 7.92. The Morgan fingerprint density at radius 2 is 1.74 bits per heavy atom. The van der Waals surface area contributed by atoms with Gasteiger partial charge < -0.3 is 0 Å². The fourth-order valence-electron chi connectivity index (χ4n) is 3.14. The van der Waals surface area contributed by atoms with Gasteiger partial charge in [0.05, 0.1) is 11.3 Å². The molecule has 0 radical (unpaired) electrons. The molecule has 3 aromatic rings. The largest absolute Gasteiger partial charge is 0.416 e. The average Bonchev–Trinajstić information content (AvgIpc) is 2.68. The molecule has 1 aliphatic heterocycles. The molecule has 2 nitrogen and oxygen atoms in total. The summed E-state index contributed by atoms with van der Waals surface area (Å²) in [6.07, 6.45) is -2.51. The molecule has 1 aliphatic rings. The van der Waals surface area contributed by atoms with Gasteiger partial charge in [-0.1, -0.05) is 24.3 Å². The highest BCUT2D eigenvalue weighted by Crippen LogP contribution is 2.35. The molecular formula is C21H17F3N2S. The van der Waals surface area contributed by atoms with Crippen molar-refractivity contribution in [3.63, 3.8) is 0 Å². The summed E-state index contributed by atoms with van der Waals surface area (Å²) in [5, 5.41) is 0. The molecule has 6 heteroatoms. The van der Waals surface area contributed by atoms with Gasteiger partial charge in [-0.2, -0.15) is 13.2 Å². The van der Waals surface area contributed by atoms with Crippen LogP contribution in [-0.4, -0.2) is 15.8 Å². The zero-order chi connectivity index (χ0) is 18.9. The second kappa shape index (κ2) is 7.37. The first-order valence-electron chi connectivity index (χ1n) is 8.55. The van der Waals surface area contributed by atoms with Gasteiger partial charge in [-0.3, -0.25) is 9.88 Å². The minimum Gasteiger partial charge on any atom is -0.284 e. The molecule has 0 N–H and O–H groups in total. The third kappa shape index (κ3) is 4.17. The molecule has 0 unspecified atom stereocenters. The minimum atomic E-state index is -4.31. The summed E-state index contributed by atoms with van der Waals surface area (Å²) in [5.41, 5.74) is 3.32. The Labute approximate surface area is 160 Å². The Morgan fingerprint density at radius 1 is 0.963 bits per heavy atom. The van der Waals surface area contributed by atoms with E-state index in [1.165, 1.54) is 22.6 Å². The van der Waals surface area contributed by atoms with Crippen LogP contribution in [0.4, 0.5) is 13.2 Å². The third-order valence-electron chi connectivity index (χ3n) is 4.51. The van der Waals surface area contributed by atoms with Gasteiger partial charge in [0.1, 0.15) is 0 Å². The summed E-state index contributed by atoms with van der Waals surface area (Å²) >= 11 is 1.78. The Morgan fingerprint density at radius 3 is 2.44 bits per heavy atom. The van der Waals surface area contributed by atoms with Crippen molar-refractivity contribution in [3.8, 4) is 11.1 Å². The second-order valence-corrected chi connectivity index (χ2v) is 7.47. The van der Waals surface area contributed by atoms with Gasteiger partial charge in [0.25, 0.3) is 0 Å². The first-order chi connectivity index (χ1) is 13.0. The lowest BCUT2D eigenvalue weighted by Gasteiger charge is -2.28. The normalized spacial score (nSPS) is 14.8. The first kappa shape index (κ1) is 18.1. The van der Waals surface area contributed by atoms with Crippen molar-refractivity contribution in [3.05, 3.63) is 83.7 Å². The zero-order valence-corrected chi connectivity index (χ0v) is 15.2. The molecule has 0 aliphatic carbocycles. The summed E-state index contributed by atoms with van der Waals surface area (Å²) in [5.74, 6) is 0.892. The molecule has 2 aromatic carbocycles. The van der Waals surface area contributed by atoms with Gasteiger partial charge in [0, 0.05) is 30.1 Å². The lowest BCUT2D eigenvalue weighted by Crippen LogP contribution is -2.26. The number of alkyl halides is 3. The monoisotopic (exact) mass is 386 g/mol. The Bertz CT molecular complexity index is 924. The average molecular weight is 386 g/mol. The topological polar surface area (TPSA) is 16.1 Å². The van der Waals surface area contributed by atoms with Gasteiger partial charge in [-0.25, -0.2) is 0 Å². The van der Waals surface area contributed by atoms with E-state index < -0.39 is 11.7 Å². The van der Waals surface area contributed by atoms with Gasteiger partial charge in [-0.15, -0.1) is 11.8 Å². The summed E-state index contributed by atoms with van der Waals surface area (Å²) in [6.45, 7) is 1.57. The molecule has 138 valence electrons. The number of halogens is 3. The third-order valence-corrected chi connectivity index (χ3v) is 5.72. The molecule has 0 saturated carbocycles. The van der Waals surface area contributed by atoms with E-state index in [9.17, 15) is 13.2 Å². The number of pyridine rings is 1. The van der Waals surface area contributed by atoms with Gasteiger partial charge in [0.2, 0.25) is 0 Å². The van der Waals surface area contributed by atoms with Crippen molar-refractivity contribution in [1.29, 1.82) is 0 Å². The molecule has 0 saturated heterocycles. The number of hydrogen-bond acceptors (Lipinski definition) is 3. The highest BCUT2D eigenvalue weighted by Gasteiger charge is 2.30. The van der Waals surface area contributed by atoms with E-state index >= 15 is 0 Å². The van der Waals surface area contributed by atoms with Crippen molar-refractivity contribution in [1.82, 2.24) is 9.88 Å². The summed E-state index contributed by atoms with van der Waals surface area (Å²) in [7, 11) is 0. The van der Waals surface area contributed by atoms with Crippen LogP contribution in [0.5, 0.6) is 0 Å². The van der Waals surface area contributed by atoms with Crippen LogP contribution in [0.15, 0.2) is 71.8 Å². The summed E-state index contributed by atoms with van der Waals surface area (Å²) in [6, 6.07) is 17.4. The van der Waals surface area contributed by atoms with Crippen LogP contribution in [-0.2, 0) is 19.3 Å². The fraction of sp³-hybridized carbons (Fsp3) is 0.190. The van der Waals surface area contributed by atoms with Crippen molar-refractivity contribution in [2.24, 2.45) is 0 Å². The fourth-order valence-corrected chi connectivity index (χ4v) is 4.12. The highest BCUT2D eigenvalue weighted by atomic mass is 32.2. The van der Waals surface area contributed by atoms with Crippen LogP contribution in [0.25, 0.3) is 11.1 Å². The highest BCUT2D eigenvalue weighted by molar-refractivity contribution is 7.99. The van der Waals surface area contributed by atoms with E-state index in [2.05, 4.69) is 22.0 Å². The van der Waals surface area contributed by atoms with Crippen LogP contribution in [0.3, 0.4) is 0 Å². The van der Waals surface area contributed by atoms with Crippen molar-refractivity contribution in [2.75, 3.05) is 5.88 Å². The van der Waals surface area contributed by atoms with E-state index in [-0.39, 0.29) is 0 Å². The number of thioether (sulfide) groups is 1. The Balaban J connectivity index is 1.54.